The second-order valence-corrected chi connectivity index (χ2v) is 7.10. The number of ether oxygens (including phenoxy) is 1. The van der Waals surface area contributed by atoms with E-state index >= 15 is 0 Å². The molecule has 4 rings (SSSR count). The Bertz CT molecular complexity index is 1060. The first-order valence-corrected chi connectivity index (χ1v) is 9.76. The van der Waals surface area contributed by atoms with Crippen molar-refractivity contribution >= 4 is 34.3 Å². The minimum absolute atomic E-state index is 0.837. The van der Waals surface area contributed by atoms with Gasteiger partial charge in [-0.05, 0) is 51.9 Å². The van der Waals surface area contributed by atoms with E-state index < -0.39 is 0 Å². The van der Waals surface area contributed by atoms with Crippen LogP contribution in [0.25, 0.3) is 17.8 Å². The van der Waals surface area contributed by atoms with Crippen molar-refractivity contribution in [2.45, 2.75) is 0 Å². The molecular formula is C23H20N3OS+. The number of nitrogens with one attached hydrogen (secondary N) is 1. The molecule has 0 radical (unpaired) electrons. The monoisotopic (exact) mass is 386 g/mol. The Balaban J connectivity index is 1.66. The van der Waals surface area contributed by atoms with E-state index in [0.717, 1.165) is 32.8 Å². The lowest BCUT2D eigenvalue weighted by atomic mass is 10.2. The van der Waals surface area contributed by atoms with Gasteiger partial charge in [0, 0.05) is 29.0 Å². The lowest BCUT2D eigenvalue weighted by Gasteiger charge is -1.98. The first kappa shape index (κ1) is 17.9. The molecule has 0 amide bonds. The molecule has 28 heavy (non-hydrogen) atoms. The molecule has 0 aliphatic rings. The smallest absolute Gasteiger partial charge is 0.297 e. The van der Waals surface area contributed by atoms with Gasteiger partial charge in [-0.15, -0.1) is 0 Å². The third-order valence-corrected chi connectivity index (χ3v) is 5.06. The zero-order chi connectivity index (χ0) is 19.2. The van der Waals surface area contributed by atoms with Crippen molar-refractivity contribution in [1.82, 2.24) is 5.10 Å². The summed E-state index contributed by atoms with van der Waals surface area (Å²) < 4.78 is 7.18. The van der Waals surface area contributed by atoms with Crippen LogP contribution in [-0.2, 0) is 0 Å². The average Bonchev–Trinajstić information content (AvgIpc) is 3.16. The van der Waals surface area contributed by atoms with Crippen molar-refractivity contribution < 1.29 is 9.42 Å². The Labute approximate surface area is 168 Å². The topological polar surface area (TPSA) is 38.0 Å². The Kier molecular flexibility index (Phi) is 5.45. The van der Waals surface area contributed by atoms with E-state index in [2.05, 4.69) is 29.6 Å². The van der Waals surface area contributed by atoms with Crippen molar-refractivity contribution in [2.24, 2.45) is 0 Å². The standard InChI is InChI=1S/C23H20N3OS/c1-27-21-15-12-18(13-16-21)14-17-22-26(20-10-6-3-7-11-20)25-23(28-22)24-19-8-4-2-5-9-19/h2-17H,1H3,(H,24,25)/q+1/b17-14+. The second kappa shape index (κ2) is 8.50. The zero-order valence-corrected chi connectivity index (χ0v) is 16.3. The minimum Gasteiger partial charge on any atom is -0.497 e. The van der Waals surface area contributed by atoms with E-state index in [-0.39, 0.29) is 0 Å². The molecule has 0 aliphatic heterocycles. The molecule has 4 nitrogen and oxygen atoms in total. The summed E-state index contributed by atoms with van der Waals surface area (Å²) in [6.45, 7) is 0. The van der Waals surface area contributed by atoms with Crippen LogP contribution in [0.2, 0.25) is 0 Å². The molecule has 0 bridgehead atoms. The highest BCUT2D eigenvalue weighted by Gasteiger charge is 2.20. The summed E-state index contributed by atoms with van der Waals surface area (Å²) in [6.07, 6.45) is 4.17. The van der Waals surface area contributed by atoms with Crippen molar-refractivity contribution in [3.8, 4) is 11.4 Å². The predicted octanol–water partition coefficient (Wildman–Crippen LogP) is 5.34. The van der Waals surface area contributed by atoms with Gasteiger partial charge in [-0.25, -0.2) is 0 Å². The van der Waals surface area contributed by atoms with Gasteiger partial charge in [0.2, 0.25) is 5.69 Å². The summed E-state index contributed by atoms with van der Waals surface area (Å²) in [7, 11) is 1.67. The first-order chi connectivity index (χ1) is 13.8. The number of rotatable bonds is 6. The number of anilines is 2. The third-order valence-electron chi connectivity index (χ3n) is 4.16. The molecule has 0 atom stereocenters. The van der Waals surface area contributed by atoms with Gasteiger partial charge in [-0.3, -0.25) is 0 Å². The summed E-state index contributed by atoms with van der Waals surface area (Å²) in [5.41, 5.74) is 3.14. The Morgan fingerprint density at radius 2 is 1.54 bits per heavy atom. The van der Waals surface area contributed by atoms with Crippen LogP contribution in [0.5, 0.6) is 5.75 Å². The van der Waals surface area contributed by atoms with Crippen LogP contribution >= 0.6 is 11.3 Å². The number of benzene rings is 3. The zero-order valence-electron chi connectivity index (χ0n) is 15.4. The molecule has 4 aromatic rings. The number of methoxy groups -OCH3 is 1. The van der Waals surface area contributed by atoms with Crippen molar-refractivity contribution in [1.29, 1.82) is 0 Å². The molecule has 0 saturated heterocycles. The fourth-order valence-electron chi connectivity index (χ4n) is 2.74. The molecule has 0 unspecified atom stereocenters. The van der Waals surface area contributed by atoms with Gasteiger partial charge in [0.05, 0.1) is 7.11 Å². The molecule has 0 aliphatic carbocycles. The van der Waals surface area contributed by atoms with E-state index in [9.17, 15) is 0 Å². The number of hydrogen-bond donors (Lipinski definition) is 1. The fourth-order valence-corrected chi connectivity index (χ4v) is 3.60. The van der Waals surface area contributed by atoms with E-state index in [1.54, 1.807) is 18.4 Å². The molecule has 1 aromatic heterocycles. The number of aromatic nitrogens is 2. The van der Waals surface area contributed by atoms with Crippen LogP contribution in [0.3, 0.4) is 0 Å². The van der Waals surface area contributed by atoms with Crippen LogP contribution in [0, 0.1) is 0 Å². The van der Waals surface area contributed by atoms with Gasteiger partial charge < -0.3 is 10.1 Å². The maximum atomic E-state index is 5.22. The number of nitrogens with zero attached hydrogens (tertiary/aromatic N) is 2. The lowest BCUT2D eigenvalue weighted by molar-refractivity contribution is -0.654. The maximum absolute atomic E-state index is 5.22. The van der Waals surface area contributed by atoms with Crippen molar-refractivity contribution in [2.75, 3.05) is 12.4 Å². The second-order valence-electron chi connectivity index (χ2n) is 6.09. The van der Waals surface area contributed by atoms with E-state index in [0.29, 0.717) is 0 Å². The number of para-hydroxylation sites is 2. The summed E-state index contributed by atoms with van der Waals surface area (Å²) >= 11 is 1.61. The lowest BCUT2D eigenvalue weighted by Crippen LogP contribution is -2.35. The van der Waals surface area contributed by atoms with Crippen LogP contribution in [0.1, 0.15) is 10.6 Å². The minimum atomic E-state index is 0.837. The fraction of sp³-hybridized carbons (Fsp3) is 0.0435. The summed E-state index contributed by atoms with van der Waals surface area (Å²) in [6, 6.07) is 28.2. The molecule has 1 heterocycles. The molecular weight excluding hydrogens is 366 g/mol. The van der Waals surface area contributed by atoms with Gasteiger partial charge in [-0.1, -0.05) is 48.5 Å². The highest BCUT2D eigenvalue weighted by molar-refractivity contribution is 7.15. The van der Waals surface area contributed by atoms with E-state index in [1.807, 2.05) is 77.5 Å². The SMILES string of the molecule is COc1ccc(/C=C/c2sc(Nc3ccccc3)n[n+]2-c2ccccc2)cc1. The predicted molar refractivity (Wildman–Crippen MR) is 115 cm³/mol. The van der Waals surface area contributed by atoms with E-state index in [4.69, 9.17) is 9.84 Å². The van der Waals surface area contributed by atoms with Crippen molar-refractivity contribution in [3.63, 3.8) is 0 Å². The maximum Gasteiger partial charge on any atom is 0.297 e. The van der Waals surface area contributed by atoms with Gasteiger partial charge in [0.25, 0.3) is 10.1 Å². The summed E-state index contributed by atoms with van der Waals surface area (Å²) in [5, 5.41) is 10.0. The summed E-state index contributed by atoms with van der Waals surface area (Å²) in [4.78, 5) is 0. The van der Waals surface area contributed by atoms with E-state index in [1.165, 1.54) is 0 Å². The molecule has 0 saturated carbocycles. The van der Waals surface area contributed by atoms with Crippen LogP contribution in [-0.4, -0.2) is 12.2 Å². The molecule has 0 fully saturated rings. The average molecular weight is 387 g/mol. The van der Waals surface area contributed by atoms with Gasteiger partial charge in [0.1, 0.15) is 5.75 Å². The highest BCUT2D eigenvalue weighted by Crippen LogP contribution is 2.22. The largest absolute Gasteiger partial charge is 0.497 e. The van der Waals surface area contributed by atoms with Gasteiger partial charge >= 0.3 is 0 Å². The molecule has 0 spiro atoms. The summed E-state index contributed by atoms with van der Waals surface area (Å²) in [5.74, 6) is 0.851. The quantitative estimate of drug-likeness (QED) is 0.454. The Morgan fingerprint density at radius 3 is 2.21 bits per heavy atom. The van der Waals surface area contributed by atoms with Gasteiger partial charge in [-0.2, -0.15) is 0 Å². The van der Waals surface area contributed by atoms with Gasteiger partial charge in [0.15, 0.2) is 0 Å². The molecule has 1 N–H and O–H groups in total. The highest BCUT2D eigenvalue weighted by atomic mass is 32.1. The van der Waals surface area contributed by atoms with Crippen LogP contribution < -0.4 is 14.7 Å². The van der Waals surface area contributed by atoms with Crippen LogP contribution in [0.15, 0.2) is 84.9 Å². The molecule has 5 heteroatoms. The van der Waals surface area contributed by atoms with Crippen molar-refractivity contribution in [3.05, 3.63) is 95.5 Å². The molecule has 3 aromatic carbocycles. The molecule has 138 valence electrons. The normalized spacial score (nSPS) is 10.9. The number of hydrogen-bond acceptors (Lipinski definition) is 4. The third kappa shape index (κ3) is 4.27. The first-order valence-electron chi connectivity index (χ1n) is 8.94. The Hall–Kier alpha value is -3.44. The van der Waals surface area contributed by atoms with Crippen LogP contribution in [0.4, 0.5) is 10.8 Å². The Morgan fingerprint density at radius 1 is 0.857 bits per heavy atom.